The van der Waals surface area contributed by atoms with Crippen LogP contribution in [0.3, 0.4) is 0 Å². The fourth-order valence-electron chi connectivity index (χ4n) is 3.13. The molecule has 1 aliphatic rings. The molecule has 0 fully saturated rings. The first-order chi connectivity index (χ1) is 12.6. The van der Waals surface area contributed by atoms with Gasteiger partial charge in [-0.05, 0) is 53.6 Å². The molecule has 0 saturated heterocycles. The molecule has 26 heavy (non-hydrogen) atoms. The summed E-state index contributed by atoms with van der Waals surface area (Å²) < 4.78 is 1.03. The summed E-state index contributed by atoms with van der Waals surface area (Å²) >= 11 is 15.7. The standard InChI is InChI=1S/C21H15BrCl2N2/c22-16-2-1-3-19(12-16)26-21(15-6-10-18(24)11-7-15)13-20(25-26)14-4-8-17(23)9-5-14/h1-12,21H,13H2. The predicted molar refractivity (Wildman–Crippen MR) is 113 cm³/mol. The topological polar surface area (TPSA) is 15.6 Å². The summed E-state index contributed by atoms with van der Waals surface area (Å²) in [4.78, 5) is 0. The number of nitrogens with zero attached hydrogens (tertiary/aromatic N) is 2. The number of rotatable bonds is 3. The van der Waals surface area contributed by atoms with Crippen molar-refractivity contribution in [3.05, 3.63) is 98.4 Å². The van der Waals surface area contributed by atoms with E-state index in [2.05, 4.69) is 45.2 Å². The maximum Gasteiger partial charge on any atom is 0.0831 e. The van der Waals surface area contributed by atoms with Crippen LogP contribution in [-0.2, 0) is 0 Å². The second kappa shape index (κ2) is 7.43. The predicted octanol–water partition coefficient (Wildman–Crippen LogP) is 7.11. The summed E-state index contributed by atoms with van der Waals surface area (Å²) in [7, 11) is 0. The van der Waals surface area contributed by atoms with Crippen molar-refractivity contribution in [2.45, 2.75) is 12.5 Å². The molecule has 0 N–H and O–H groups in total. The molecular formula is C21H15BrCl2N2. The van der Waals surface area contributed by atoms with E-state index in [0.29, 0.717) is 0 Å². The molecule has 0 bridgehead atoms. The molecule has 1 unspecified atom stereocenters. The summed E-state index contributed by atoms with van der Waals surface area (Å²) in [5, 5.41) is 8.48. The average Bonchev–Trinajstić information content (AvgIpc) is 3.08. The molecule has 4 rings (SSSR count). The molecule has 130 valence electrons. The Balaban J connectivity index is 1.75. The lowest BCUT2D eigenvalue weighted by Gasteiger charge is -2.24. The van der Waals surface area contributed by atoms with Crippen LogP contribution in [0.2, 0.25) is 10.0 Å². The lowest BCUT2D eigenvalue weighted by atomic mass is 9.98. The number of hydrogen-bond donors (Lipinski definition) is 0. The normalized spacial score (nSPS) is 16.7. The first kappa shape index (κ1) is 17.6. The van der Waals surface area contributed by atoms with Crippen molar-refractivity contribution in [1.82, 2.24) is 0 Å². The Bertz CT molecular complexity index is 953. The fraction of sp³-hybridized carbons (Fsp3) is 0.0952. The van der Waals surface area contributed by atoms with Crippen molar-refractivity contribution in [2.75, 3.05) is 5.01 Å². The first-order valence-electron chi connectivity index (χ1n) is 8.24. The molecule has 0 spiro atoms. The smallest absolute Gasteiger partial charge is 0.0831 e. The summed E-state index contributed by atoms with van der Waals surface area (Å²) in [6, 6.07) is 24.1. The van der Waals surface area contributed by atoms with Gasteiger partial charge in [-0.15, -0.1) is 0 Å². The Kier molecular flexibility index (Phi) is 5.03. The van der Waals surface area contributed by atoms with Gasteiger partial charge in [0.1, 0.15) is 0 Å². The highest BCUT2D eigenvalue weighted by molar-refractivity contribution is 9.10. The van der Waals surface area contributed by atoms with Gasteiger partial charge in [-0.2, -0.15) is 5.10 Å². The molecule has 3 aromatic carbocycles. The molecule has 0 aliphatic carbocycles. The van der Waals surface area contributed by atoms with Gasteiger partial charge in [-0.3, -0.25) is 5.01 Å². The third kappa shape index (κ3) is 3.66. The lowest BCUT2D eigenvalue weighted by molar-refractivity contribution is 0.709. The summed E-state index contributed by atoms with van der Waals surface area (Å²) in [5.41, 5.74) is 4.36. The Hall–Kier alpha value is -1.81. The highest BCUT2D eigenvalue weighted by Crippen LogP contribution is 2.37. The van der Waals surface area contributed by atoms with Gasteiger partial charge in [-0.1, -0.05) is 69.5 Å². The van der Waals surface area contributed by atoms with Crippen LogP contribution in [-0.4, -0.2) is 5.71 Å². The fourth-order valence-corrected chi connectivity index (χ4v) is 3.77. The van der Waals surface area contributed by atoms with E-state index < -0.39 is 0 Å². The van der Waals surface area contributed by atoms with Crippen LogP contribution in [0, 0.1) is 0 Å². The van der Waals surface area contributed by atoms with Crippen LogP contribution in [0.1, 0.15) is 23.6 Å². The Morgan fingerprint density at radius 3 is 2.19 bits per heavy atom. The Labute approximate surface area is 171 Å². The Morgan fingerprint density at radius 2 is 1.54 bits per heavy atom. The van der Waals surface area contributed by atoms with E-state index in [1.807, 2.05) is 48.5 Å². The SMILES string of the molecule is Clc1ccc(C2=NN(c3cccc(Br)c3)C(c3ccc(Cl)cc3)C2)cc1. The van der Waals surface area contributed by atoms with Crippen LogP contribution in [0.5, 0.6) is 0 Å². The highest BCUT2D eigenvalue weighted by atomic mass is 79.9. The molecule has 1 atom stereocenters. The van der Waals surface area contributed by atoms with Crippen molar-refractivity contribution in [3.8, 4) is 0 Å². The van der Waals surface area contributed by atoms with E-state index in [-0.39, 0.29) is 6.04 Å². The molecule has 1 aliphatic heterocycles. The summed E-state index contributed by atoms with van der Waals surface area (Å²) in [6.45, 7) is 0. The number of hydrogen-bond acceptors (Lipinski definition) is 2. The minimum Gasteiger partial charge on any atom is -0.257 e. The number of anilines is 1. The van der Waals surface area contributed by atoms with E-state index >= 15 is 0 Å². The quantitative estimate of drug-likeness (QED) is 0.419. The van der Waals surface area contributed by atoms with Crippen molar-refractivity contribution in [1.29, 1.82) is 0 Å². The number of hydrazone groups is 1. The second-order valence-electron chi connectivity index (χ2n) is 6.15. The van der Waals surface area contributed by atoms with E-state index in [1.165, 1.54) is 5.56 Å². The average molecular weight is 446 g/mol. The Morgan fingerprint density at radius 1 is 0.885 bits per heavy atom. The van der Waals surface area contributed by atoms with Crippen LogP contribution < -0.4 is 5.01 Å². The molecule has 0 radical (unpaired) electrons. The molecule has 0 aromatic heterocycles. The lowest BCUT2D eigenvalue weighted by Crippen LogP contribution is -2.18. The molecule has 0 saturated carbocycles. The zero-order valence-corrected chi connectivity index (χ0v) is 16.8. The van der Waals surface area contributed by atoms with Crippen molar-refractivity contribution in [3.63, 3.8) is 0 Å². The third-order valence-corrected chi connectivity index (χ3v) is 5.41. The van der Waals surface area contributed by atoms with Crippen LogP contribution in [0.25, 0.3) is 0 Å². The van der Waals surface area contributed by atoms with Crippen molar-refractivity contribution < 1.29 is 0 Å². The maximum atomic E-state index is 6.07. The minimum atomic E-state index is 0.118. The van der Waals surface area contributed by atoms with Gasteiger partial charge >= 0.3 is 0 Å². The largest absolute Gasteiger partial charge is 0.257 e. The molecule has 0 amide bonds. The van der Waals surface area contributed by atoms with Crippen LogP contribution in [0.15, 0.2) is 82.4 Å². The van der Waals surface area contributed by atoms with E-state index in [9.17, 15) is 0 Å². The molecule has 2 nitrogen and oxygen atoms in total. The van der Waals surface area contributed by atoms with Gasteiger partial charge in [0.05, 0.1) is 17.4 Å². The van der Waals surface area contributed by atoms with E-state index in [0.717, 1.165) is 37.9 Å². The van der Waals surface area contributed by atoms with E-state index in [4.69, 9.17) is 28.3 Å². The molecule has 3 aromatic rings. The monoisotopic (exact) mass is 444 g/mol. The summed E-state index contributed by atoms with van der Waals surface area (Å²) in [5.74, 6) is 0. The first-order valence-corrected chi connectivity index (χ1v) is 9.79. The maximum absolute atomic E-state index is 6.07. The zero-order valence-electron chi connectivity index (χ0n) is 13.7. The van der Waals surface area contributed by atoms with Crippen LogP contribution >= 0.6 is 39.1 Å². The van der Waals surface area contributed by atoms with E-state index in [1.54, 1.807) is 0 Å². The van der Waals surface area contributed by atoms with Gasteiger partial charge in [0.25, 0.3) is 0 Å². The van der Waals surface area contributed by atoms with Gasteiger partial charge in [0.2, 0.25) is 0 Å². The van der Waals surface area contributed by atoms with Gasteiger partial charge in [-0.25, -0.2) is 0 Å². The van der Waals surface area contributed by atoms with Gasteiger partial charge in [0.15, 0.2) is 0 Å². The second-order valence-corrected chi connectivity index (χ2v) is 7.94. The third-order valence-electron chi connectivity index (χ3n) is 4.42. The van der Waals surface area contributed by atoms with Gasteiger partial charge < -0.3 is 0 Å². The van der Waals surface area contributed by atoms with Crippen LogP contribution in [0.4, 0.5) is 5.69 Å². The molecule has 5 heteroatoms. The highest BCUT2D eigenvalue weighted by Gasteiger charge is 2.30. The minimum absolute atomic E-state index is 0.118. The number of halogens is 3. The van der Waals surface area contributed by atoms with Gasteiger partial charge in [0, 0.05) is 20.9 Å². The number of benzene rings is 3. The molecular weight excluding hydrogens is 431 g/mol. The van der Waals surface area contributed by atoms with Crippen molar-refractivity contribution >= 4 is 50.5 Å². The zero-order chi connectivity index (χ0) is 18.1. The van der Waals surface area contributed by atoms with Crippen molar-refractivity contribution in [2.24, 2.45) is 5.10 Å². The molecule has 1 heterocycles. The summed E-state index contributed by atoms with van der Waals surface area (Å²) in [6.07, 6.45) is 0.815.